The number of benzene rings is 13. The molecule has 13 aromatic rings. The normalized spacial score (nSPS) is 14.5. The first-order chi connectivity index (χ1) is 42.5. The zero-order valence-corrected chi connectivity index (χ0v) is 47.6. The van der Waals surface area contributed by atoms with Crippen molar-refractivity contribution < 1.29 is 0 Å². The molecule has 0 amide bonds. The van der Waals surface area contributed by atoms with E-state index in [1.807, 2.05) is 0 Å². The molecular weight excluding hydrogens is 1040 g/mol. The number of hydrogen-bond acceptors (Lipinski definition) is 3. The second kappa shape index (κ2) is 17.5. The van der Waals surface area contributed by atoms with E-state index in [2.05, 4.69) is 320 Å². The Morgan fingerprint density at radius 3 is 0.942 bits per heavy atom. The van der Waals surface area contributed by atoms with Gasteiger partial charge in [-0.2, -0.15) is 0 Å². The van der Waals surface area contributed by atoms with Crippen molar-refractivity contribution in [3.8, 4) is 44.5 Å². The van der Waals surface area contributed by atoms with Crippen LogP contribution < -0.4 is 31.1 Å². The Labute approximate surface area is 502 Å². The van der Waals surface area contributed by atoms with E-state index < -0.39 is 10.8 Å². The minimum Gasteiger partial charge on any atom is -0.311 e. The van der Waals surface area contributed by atoms with E-state index in [4.69, 9.17) is 0 Å². The molecule has 0 saturated carbocycles. The summed E-state index contributed by atoms with van der Waals surface area (Å²) in [4.78, 5) is 7.69. The summed E-state index contributed by atoms with van der Waals surface area (Å²) in [5.74, 6) is 0. The van der Waals surface area contributed by atoms with Crippen molar-refractivity contribution in [2.24, 2.45) is 0 Å². The van der Waals surface area contributed by atoms with Gasteiger partial charge in [-0.05, 0) is 203 Å². The summed E-state index contributed by atoms with van der Waals surface area (Å²) in [6.45, 7) is 4.43. The van der Waals surface area contributed by atoms with Crippen molar-refractivity contribution in [2.45, 2.75) is 24.7 Å². The van der Waals surface area contributed by atoms with E-state index in [1.54, 1.807) is 0 Å². The van der Waals surface area contributed by atoms with Crippen molar-refractivity contribution in [3.63, 3.8) is 0 Å². The van der Waals surface area contributed by atoms with Crippen LogP contribution in [0.3, 0.4) is 0 Å². The van der Waals surface area contributed by atoms with Crippen LogP contribution in [0, 0.1) is 13.8 Å². The minimum atomic E-state index is -0.451. The van der Waals surface area contributed by atoms with Crippen molar-refractivity contribution in [3.05, 3.63) is 347 Å². The summed E-state index contributed by atoms with van der Waals surface area (Å²) in [6, 6.07) is 111. The Hall–Kier alpha value is -10.7. The fourth-order valence-electron chi connectivity index (χ4n) is 16.9. The van der Waals surface area contributed by atoms with Gasteiger partial charge in [0.2, 0.25) is 0 Å². The highest BCUT2D eigenvalue weighted by atomic mass is 15.2. The van der Waals surface area contributed by atoms with Crippen LogP contribution in [-0.4, -0.2) is 6.71 Å². The number of anilines is 9. The van der Waals surface area contributed by atoms with Crippen molar-refractivity contribution in [1.29, 1.82) is 0 Å². The SMILES string of the molecule is Cc1ccc2c(c1)N(c1ccc3c(c1)-c1ccccc1C31c3ccccc3-c3ccccc31)c1cc(N(c3ccccc3)c3ccccc3)cc3c1B2c1ccc(C)cc1N3c1ccc2c(c1)-c1ccccc1C21c2ccccc2-c2ccccc21. The van der Waals surface area contributed by atoms with Crippen molar-refractivity contribution >= 4 is 74.3 Å². The van der Waals surface area contributed by atoms with Crippen molar-refractivity contribution in [2.75, 3.05) is 14.7 Å². The Kier molecular flexibility index (Phi) is 9.69. The summed E-state index contributed by atoms with van der Waals surface area (Å²) >= 11 is 0. The van der Waals surface area contributed by atoms with E-state index in [0.717, 1.165) is 39.8 Å². The standard InChI is InChI=1S/C82H54BN3/c1-51-37-43-74-76(45-51)85(55-39-41-72-64(47-55)62-29-13-19-35-70(62)81(72)66-31-15-9-25-58(66)59-26-10-16-32-67(59)81)78-49-57(84(53-21-5-3-6-22-53)54-23-7-4-8-24-54)50-79-80(78)83(74)75-44-38-52(2)46-77(75)86(79)56-40-42-73-65(48-56)63-30-14-20-36-71(63)82(73)68-33-17-11-27-60(68)61-28-12-18-34-69(61)82/h3-50H,1-2H3. The van der Waals surface area contributed by atoms with Crippen LogP contribution >= 0.6 is 0 Å². The van der Waals surface area contributed by atoms with Crippen LogP contribution in [0.25, 0.3) is 44.5 Å². The number of hydrogen-bond donors (Lipinski definition) is 0. The predicted octanol–water partition coefficient (Wildman–Crippen LogP) is 18.5. The van der Waals surface area contributed by atoms with Crippen molar-refractivity contribution in [1.82, 2.24) is 0 Å². The lowest BCUT2D eigenvalue weighted by atomic mass is 9.33. The molecule has 2 heterocycles. The summed E-state index contributed by atoms with van der Waals surface area (Å²) in [5, 5.41) is 0. The van der Waals surface area contributed by atoms with Gasteiger partial charge in [0.15, 0.2) is 0 Å². The molecule has 13 aromatic carbocycles. The molecule has 400 valence electrons. The summed E-state index contributed by atoms with van der Waals surface area (Å²) in [6.07, 6.45) is 0. The third-order valence-electron chi connectivity index (χ3n) is 20.1. The molecule has 0 radical (unpaired) electrons. The number of para-hydroxylation sites is 2. The number of nitrogens with zero attached hydrogens (tertiary/aromatic N) is 3. The molecule has 6 aliphatic rings. The molecule has 0 aromatic heterocycles. The Balaban J connectivity index is 0.894. The second-order valence-corrected chi connectivity index (χ2v) is 24.4. The van der Waals surface area contributed by atoms with Gasteiger partial charge < -0.3 is 14.7 Å². The van der Waals surface area contributed by atoms with E-state index in [-0.39, 0.29) is 6.71 Å². The Morgan fingerprint density at radius 2 is 0.581 bits per heavy atom. The lowest BCUT2D eigenvalue weighted by molar-refractivity contribution is 0.794. The highest BCUT2D eigenvalue weighted by molar-refractivity contribution is 7.00. The minimum absolute atomic E-state index is 0.0653. The van der Waals surface area contributed by atoms with Gasteiger partial charge in [-0.1, -0.05) is 218 Å². The van der Waals surface area contributed by atoms with Gasteiger partial charge in [0, 0.05) is 45.5 Å². The molecule has 3 nitrogen and oxygen atoms in total. The third-order valence-corrected chi connectivity index (χ3v) is 20.1. The summed E-state index contributed by atoms with van der Waals surface area (Å²) in [7, 11) is 0. The van der Waals surface area contributed by atoms with Crippen LogP contribution in [0.15, 0.2) is 291 Å². The molecule has 0 saturated heterocycles. The van der Waals surface area contributed by atoms with Crippen LogP contribution in [0.1, 0.15) is 55.6 Å². The fourth-order valence-corrected chi connectivity index (χ4v) is 16.9. The molecule has 2 aliphatic heterocycles. The number of aryl methyl sites for hydroxylation is 2. The maximum Gasteiger partial charge on any atom is 0.252 e. The Morgan fingerprint density at radius 1 is 0.267 bits per heavy atom. The highest BCUT2D eigenvalue weighted by Gasteiger charge is 2.54. The molecule has 0 unspecified atom stereocenters. The smallest absolute Gasteiger partial charge is 0.252 e. The Bertz CT molecular complexity index is 4680. The largest absolute Gasteiger partial charge is 0.311 e. The lowest BCUT2D eigenvalue weighted by Crippen LogP contribution is -2.61. The molecule has 4 aliphatic carbocycles. The first-order valence-electron chi connectivity index (χ1n) is 30.3. The van der Waals surface area contributed by atoms with E-state index in [9.17, 15) is 0 Å². The number of fused-ring (bicyclic) bond motifs is 24. The van der Waals surface area contributed by atoms with Gasteiger partial charge in [-0.15, -0.1) is 0 Å². The van der Waals surface area contributed by atoms with Crippen LogP contribution in [-0.2, 0) is 10.8 Å². The third kappa shape index (κ3) is 6.07. The second-order valence-electron chi connectivity index (χ2n) is 24.4. The monoisotopic (exact) mass is 1090 g/mol. The van der Waals surface area contributed by atoms with Crippen LogP contribution in [0.4, 0.5) is 51.2 Å². The molecule has 0 fully saturated rings. The maximum absolute atomic E-state index is 2.62. The molecule has 0 bridgehead atoms. The predicted molar refractivity (Wildman–Crippen MR) is 357 cm³/mol. The molecule has 0 atom stereocenters. The van der Waals surface area contributed by atoms with Gasteiger partial charge >= 0.3 is 0 Å². The molecule has 19 rings (SSSR count). The highest BCUT2D eigenvalue weighted by Crippen LogP contribution is 2.65. The maximum atomic E-state index is 2.62. The van der Waals surface area contributed by atoms with Gasteiger partial charge in [-0.3, -0.25) is 0 Å². The average molecular weight is 1090 g/mol. The quantitative estimate of drug-likeness (QED) is 0.159. The molecule has 4 heteroatoms. The zero-order valence-electron chi connectivity index (χ0n) is 47.6. The fraction of sp³-hybridized carbons (Fsp3) is 0.0488. The van der Waals surface area contributed by atoms with Crippen LogP contribution in [0.5, 0.6) is 0 Å². The first-order valence-corrected chi connectivity index (χ1v) is 30.3. The van der Waals surface area contributed by atoms with E-state index in [0.29, 0.717) is 0 Å². The molecule has 86 heavy (non-hydrogen) atoms. The van der Waals surface area contributed by atoms with Crippen LogP contribution in [0.2, 0.25) is 0 Å². The molecule has 0 N–H and O–H groups in total. The first kappa shape index (κ1) is 47.8. The van der Waals surface area contributed by atoms with Gasteiger partial charge in [-0.25, -0.2) is 0 Å². The van der Waals surface area contributed by atoms with Gasteiger partial charge in [0.05, 0.1) is 16.5 Å². The topological polar surface area (TPSA) is 9.72 Å². The van der Waals surface area contributed by atoms with E-state index >= 15 is 0 Å². The number of rotatable bonds is 5. The van der Waals surface area contributed by atoms with E-state index in [1.165, 1.54) is 128 Å². The lowest BCUT2D eigenvalue weighted by Gasteiger charge is -2.45. The molecular formula is C82H54BN3. The zero-order chi connectivity index (χ0) is 56.6. The summed E-state index contributed by atoms with van der Waals surface area (Å²) < 4.78 is 0. The van der Waals surface area contributed by atoms with Gasteiger partial charge in [0.1, 0.15) is 0 Å². The average Bonchev–Trinajstić information content (AvgIpc) is 1.45. The summed E-state index contributed by atoms with van der Waals surface area (Å²) in [5.41, 5.74) is 36.7. The molecule has 2 spiro atoms. The van der Waals surface area contributed by atoms with Gasteiger partial charge in [0.25, 0.3) is 6.71 Å².